The van der Waals surface area contributed by atoms with E-state index in [-0.39, 0.29) is 5.91 Å². The SMILES string of the molecule is CC(C)COc1ccccc1NC(=O)[C@@H](N)CC(C)C. The monoisotopic (exact) mass is 278 g/mol. The number of nitrogens with one attached hydrogen (secondary N) is 1. The molecule has 0 aliphatic heterocycles. The van der Waals surface area contributed by atoms with Crippen molar-refractivity contribution in [3.8, 4) is 5.75 Å². The van der Waals surface area contributed by atoms with Crippen LogP contribution in [-0.4, -0.2) is 18.6 Å². The van der Waals surface area contributed by atoms with E-state index < -0.39 is 6.04 Å². The Bertz CT molecular complexity index is 430. The van der Waals surface area contributed by atoms with E-state index in [4.69, 9.17) is 10.5 Å². The standard InChI is InChI=1S/C16H26N2O2/c1-11(2)9-13(17)16(19)18-14-7-5-6-8-15(14)20-10-12(3)4/h5-8,11-13H,9-10,17H2,1-4H3,(H,18,19)/t13-/m0/s1. The van der Waals surface area contributed by atoms with Gasteiger partial charge >= 0.3 is 0 Å². The third-order valence-corrected chi connectivity index (χ3v) is 2.78. The second-order valence-corrected chi connectivity index (χ2v) is 5.93. The molecule has 3 N–H and O–H groups in total. The van der Waals surface area contributed by atoms with E-state index >= 15 is 0 Å². The van der Waals surface area contributed by atoms with Crippen molar-refractivity contribution in [1.82, 2.24) is 0 Å². The molecular weight excluding hydrogens is 252 g/mol. The molecule has 0 fully saturated rings. The molecular formula is C16H26N2O2. The van der Waals surface area contributed by atoms with Gasteiger partial charge in [0.2, 0.25) is 5.91 Å². The van der Waals surface area contributed by atoms with Crippen molar-refractivity contribution in [2.75, 3.05) is 11.9 Å². The van der Waals surface area contributed by atoms with Gasteiger partial charge in [0.1, 0.15) is 5.75 Å². The Hall–Kier alpha value is -1.55. The van der Waals surface area contributed by atoms with Gasteiger partial charge in [-0.25, -0.2) is 0 Å². The van der Waals surface area contributed by atoms with E-state index in [0.29, 0.717) is 36.3 Å². The topological polar surface area (TPSA) is 64.3 Å². The summed E-state index contributed by atoms with van der Waals surface area (Å²) in [5, 5.41) is 2.85. The van der Waals surface area contributed by atoms with Crippen molar-refractivity contribution < 1.29 is 9.53 Å². The summed E-state index contributed by atoms with van der Waals surface area (Å²) >= 11 is 0. The second kappa shape index (κ2) is 7.90. The molecule has 0 unspecified atom stereocenters. The molecule has 0 heterocycles. The largest absolute Gasteiger partial charge is 0.491 e. The molecule has 0 bridgehead atoms. The molecule has 0 spiro atoms. The Morgan fingerprint density at radius 1 is 1.20 bits per heavy atom. The zero-order valence-corrected chi connectivity index (χ0v) is 12.8. The summed E-state index contributed by atoms with van der Waals surface area (Å²) in [6.45, 7) is 8.88. The minimum atomic E-state index is -0.492. The molecule has 1 amide bonds. The average molecular weight is 278 g/mol. The summed E-state index contributed by atoms with van der Waals surface area (Å²) in [5.74, 6) is 1.34. The van der Waals surface area contributed by atoms with Crippen molar-refractivity contribution in [2.24, 2.45) is 17.6 Å². The smallest absolute Gasteiger partial charge is 0.241 e. The Morgan fingerprint density at radius 3 is 2.45 bits per heavy atom. The van der Waals surface area contributed by atoms with Crippen LogP contribution in [0.3, 0.4) is 0 Å². The maximum atomic E-state index is 12.0. The summed E-state index contributed by atoms with van der Waals surface area (Å²) in [4.78, 5) is 12.0. The average Bonchev–Trinajstić information content (AvgIpc) is 2.36. The number of anilines is 1. The quantitative estimate of drug-likeness (QED) is 0.805. The Balaban J connectivity index is 2.69. The molecule has 0 radical (unpaired) electrons. The van der Waals surface area contributed by atoms with Gasteiger partial charge in [-0.05, 0) is 30.4 Å². The van der Waals surface area contributed by atoms with Gasteiger partial charge in [0.05, 0.1) is 18.3 Å². The van der Waals surface area contributed by atoms with E-state index in [0.717, 1.165) is 0 Å². The first-order valence-corrected chi connectivity index (χ1v) is 7.18. The fourth-order valence-electron chi connectivity index (χ4n) is 1.79. The number of carbonyl (C=O) groups is 1. The summed E-state index contributed by atoms with van der Waals surface area (Å²) in [6.07, 6.45) is 0.668. The van der Waals surface area contributed by atoms with Gasteiger partial charge in [0.15, 0.2) is 0 Å². The van der Waals surface area contributed by atoms with Crippen molar-refractivity contribution >= 4 is 11.6 Å². The molecule has 1 rings (SSSR count). The van der Waals surface area contributed by atoms with Crippen molar-refractivity contribution in [1.29, 1.82) is 0 Å². The maximum Gasteiger partial charge on any atom is 0.241 e. The molecule has 0 saturated heterocycles. The summed E-state index contributed by atoms with van der Waals surface area (Å²) in [5.41, 5.74) is 6.56. The van der Waals surface area contributed by atoms with Gasteiger partial charge in [-0.2, -0.15) is 0 Å². The highest BCUT2D eigenvalue weighted by molar-refractivity contribution is 5.95. The lowest BCUT2D eigenvalue weighted by Crippen LogP contribution is -2.36. The minimum absolute atomic E-state index is 0.167. The van der Waals surface area contributed by atoms with E-state index in [1.54, 1.807) is 0 Å². The Kier molecular flexibility index (Phi) is 6.52. The molecule has 0 aliphatic rings. The first-order chi connectivity index (χ1) is 9.40. The van der Waals surface area contributed by atoms with Gasteiger partial charge in [0, 0.05) is 0 Å². The van der Waals surface area contributed by atoms with Crippen LogP contribution >= 0.6 is 0 Å². The summed E-state index contributed by atoms with van der Waals surface area (Å²) < 4.78 is 5.70. The molecule has 112 valence electrons. The summed E-state index contributed by atoms with van der Waals surface area (Å²) in [6, 6.07) is 6.94. The van der Waals surface area contributed by atoms with Crippen molar-refractivity contribution in [3.05, 3.63) is 24.3 Å². The van der Waals surface area contributed by atoms with Crippen LogP contribution in [-0.2, 0) is 4.79 Å². The fraction of sp³-hybridized carbons (Fsp3) is 0.562. The highest BCUT2D eigenvalue weighted by Crippen LogP contribution is 2.24. The number of ether oxygens (including phenoxy) is 1. The highest BCUT2D eigenvalue weighted by Gasteiger charge is 2.16. The van der Waals surface area contributed by atoms with Crippen LogP contribution in [0.5, 0.6) is 5.75 Å². The number of hydrogen-bond acceptors (Lipinski definition) is 3. The number of carbonyl (C=O) groups excluding carboxylic acids is 1. The summed E-state index contributed by atoms with van der Waals surface area (Å²) in [7, 11) is 0. The van der Waals surface area contributed by atoms with Crippen LogP contribution in [0, 0.1) is 11.8 Å². The van der Waals surface area contributed by atoms with Crippen molar-refractivity contribution in [3.63, 3.8) is 0 Å². The number of para-hydroxylation sites is 2. The molecule has 4 nitrogen and oxygen atoms in total. The molecule has 0 saturated carbocycles. The molecule has 1 aromatic carbocycles. The highest BCUT2D eigenvalue weighted by atomic mass is 16.5. The van der Waals surface area contributed by atoms with Crippen LogP contribution in [0.4, 0.5) is 5.69 Å². The van der Waals surface area contributed by atoms with E-state index in [1.807, 2.05) is 38.1 Å². The van der Waals surface area contributed by atoms with Gasteiger partial charge in [-0.3, -0.25) is 4.79 Å². The molecule has 0 aromatic heterocycles. The predicted molar refractivity (Wildman–Crippen MR) is 82.8 cm³/mol. The first-order valence-electron chi connectivity index (χ1n) is 7.18. The minimum Gasteiger partial charge on any atom is -0.491 e. The molecule has 1 aromatic rings. The van der Waals surface area contributed by atoms with Crippen LogP contribution in [0.15, 0.2) is 24.3 Å². The van der Waals surface area contributed by atoms with Gasteiger partial charge in [-0.15, -0.1) is 0 Å². The molecule has 20 heavy (non-hydrogen) atoms. The first kappa shape index (κ1) is 16.5. The zero-order valence-electron chi connectivity index (χ0n) is 12.8. The maximum absolute atomic E-state index is 12.0. The van der Waals surface area contributed by atoms with Gasteiger partial charge in [0.25, 0.3) is 0 Å². The Labute approximate surface area is 121 Å². The number of amides is 1. The molecule has 4 heteroatoms. The van der Waals surface area contributed by atoms with Crippen LogP contribution < -0.4 is 15.8 Å². The van der Waals surface area contributed by atoms with Crippen molar-refractivity contribution in [2.45, 2.75) is 40.2 Å². The lowest BCUT2D eigenvalue weighted by atomic mass is 10.0. The second-order valence-electron chi connectivity index (χ2n) is 5.93. The predicted octanol–water partition coefficient (Wildman–Crippen LogP) is 3.03. The number of hydrogen-bond donors (Lipinski definition) is 2. The molecule has 0 aliphatic carbocycles. The van der Waals surface area contributed by atoms with E-state index in [9.17, 15) is 4.79 Å². The van der Waals surface area contributed by atoms with Crippen LogP contribution in [0.2, 0.25) is 0 Å². The Morgan fingerprint density at radius 2 is 1.85 bits per heavy atom. The number of benzene rings is 1. The normalized spacial score (nSPS) is 12.6. The number of rotatable bonds is 7. The third-order valence-electron chi connectivity index (χ3n) is 2.78. The fourth-order valence-corrected chi connectivity index (χ4v) is 1.79. The number of nitrogens with two attached hydrogens (primary N) is 1. The van der Waals surface area contributed by atoms with Crippen LogP contribution in [0.1, 0.15) is 34.1 Å². The lowest BCUT2D eigenvalue weighted by Gasteiger charge is -2.17. The lowest BCUT2D eigenvalue weighted by molar-refractivity contribution is -0.117. The molecule has 1 atom stereocenters. The van der Waals surface area contributed by atoms with Gasteiger partial charge in [-0.1, -0.05) is 39.8 Å². The van der Waals surface area contributed by atoms with Crippen LogP contribution in [0.25, 0.3) is 0 Å². The van der Waals surface area contributed by atoms with Gasteiger partial charge < -0.3 is 15.8 Å². The zero-order chi connectivity index (χ0) is 15.1. The van der Waals surface area contributed by atoms with E-state index in [1.165, 1.54) is 0 Å². The van der Waals surface area contributed by atoms with E-state index in [2.05, 4.69) is 19.2 Å². The third kappa shape index (κ3) is 5.61.